The van der Waals surface area contributed by atoms with E-state index in [9.17, 15) is 21.6 Å². The van der Waals surface area contributed by atoms with E-state index < -0.39 is 26.0 Å². The first-order chi connectivity index (χ1) is 16.0. The number of amides is 1. The molecule has 1 saturated heterocycles. The fourth-order valence-corrected chi connectivity index (χ4v) is 6.68. The van der Waals surface area contributed by atoms with Gasteiger partial charge in [-0.2, -0.15) is 0 Å². The molecule has 0 bridgehead atoms. The molecule has 186 valence electrons. The highest BCUT2D eigenvalue weighted by Crippen LogP contribution is 2.30. The zero-order valence-electron chi connectivity index (χ0n) is 19.5. The van der Waals surface area contributed by atoms with Crippen molar-refractivity contribution in [2.75, 3.05) is 25.5 Å². The van der Waals surface area contributed by atoms with Crippen molar-refractivity contribution in [3.63, 3.8) is 0 Å². The van der Waals surface area contributed by atoms with Crippen molar-refractivity contribution in [3.8, 4) is 5.75 Å². The number of piperidine rings is 1. The van der Waals surface area contributed by atoms with Crippen LogP contribution in [0.15, 0.2) is 53.4 Å². The molecule has 1 heterocycles. The first-order valence-corrected chi connectivity index (χ1v) is 14.1. The lowest BCUT2D eigenvalue weighted by atomic mass is 9.97. The molecule has 34 heavy (non-hydrogen) atoms. The molecule has 0 unspecified atom stereocenters. The molecule has 0 radical (unpaired) electrons. The Balaban J connectivity index is 1.66. The number of ether oxygens (including phenoxy) is 1. The third-order valence-corrected chi connectivity index (χ3v) is 9.05. The molecular formula is C23H31N3O6S2. The maximum atomic E-state index is 12.9. The number of anilines is 1. The molecule has 1 fully saturated rings. The van der Waals surface area contributed by atoms with Crippen molar-refractivity contribution >= 4 is 31.6 Å². The summed E-state index contributed by atoms with van der Waals surface area (Å²) in [5.74, 6) is -0.445. The van der Waals surface area contributed by atoms with E-state index in [0.717, 1.165) is 5.56 Å². The Morgan fingerprint density at radius 2 is 1.71 bits per heavy atom. The molecular weight excluding hydrogens is 478 g/mol. The van der Waals surface area contributed by atoms with Gasteiger partial charge in [-0.05, 0) is 50.5 Å². The summed E-state index contributed by atoms with van der Waals surface area (Å²) in [4.78, 5) is 12.9. The predicted octanol–water partition coefficient (Wildman–Crippen LogP) is 2.56. The van der Waals surface area contributed by atoms with Gasteiger partial charge in [-0.25, -0.2) is 25.9 Å². The van der Waals surface area contributed by atoms with Crippen LogP contribution in [0.25, 0.3) is 0 Å². The summed E-state index contributed by atoms with van der Waals surface area (Å²) in [6.07, 6.45) is 0.740. The van der Waals surface area contributed by atoms with Gasteiger partial charge < -0.3 is 10.1 Å². The van der Waals surface area contributed by atoms with Gasteiger partial charge in [-0.1, -0.05) is 30.3 Å². The van der Waals surface area contributed by atoms with Crippen LogP contribution >= 0.6 is 0 Å². The molecule has 3 rings (SSSR count). The number of nitrogens with zero attached hydrogens (tertiary/aromatic N) is 1. The lowest BCUT2D eigenvalue weighted by Gasteiger charge is -2.30. The third-order valence-electron chi connectivity index (χ3n) is 5.54. The Morgan fingerprint density at radius 1 is 1.06 bits per heavy atom. The largest absolute Gasteiger partial charge is 0.495 e. The van der Waals surface area contributed by atoms with Gasteiger partial charge >= 0.3 is 0 Å². The number of carbonyl (C=O) groups excluding carboxylic acids is 1. The number of hydrogen-bond acceptors (Lipinski definition) is 6. The number of nitrogens with one attached hydrogen (secondary N) is 2. The minimum atomic E-state index is -3.75. The number of rotatable bonds is 9. The Morgan fingerprint density at radius 3 is 2.29 bits per heavy atom. The van der Waals surface area contributed by atoms with E-state index in [4.69, 9.17) is 4.74 Å². The summed E-state index contributed by atoms with van der Waals surface area (Å²) in [7, 11) is -5.79. The van der Waals surface area contributed by atoms with Crippen LogP contribution in [0.3, 0.4) is 0 Å². The second kappa shape index (κ2) is 10.9. The van der Waals surface area contributed by atoms with Crippen LogP contribution in [-0.4, -0.2) is 53.3 Å². The van der Waals surface area contributed by atoms with Gasteiger partial charge in [0.2, 0.25) is 26.0 Å². The number of benzene rings is 2. The molecule has 2 N–H and O–H groups in total. The highest BCUT2D eigenvalue weighted by Gasteiger charge is 2.31. The SMILES string of the molecule is COc1ccc(S(=O)(=O)NC(C)C)cc1NC(=O)C1CCN(S(=O)(=O)Cc2ccccc2)CC1. The number of hydrogen-bond donors (Lipinski definition) is 2. The van der Waals surface area contributed by atoms with Gasteiger partial charge in [0.05, 0.1) is 23.4 Å². The Labute approximate surface area is 201 Å². The summed E-state index contributed by atoms with van der Waals surface area (Å²) >= 11 is 0. The highest BCUT2D eigenvalue weighted by atomic mass is 32.2. The first-order valence-electron chi connectivity index (χ1n) is 11.0. The van der Waals surface area contributed by atoms with Crippen LogP contribution in [0.5, 0.6) is 5.75 Å². The van der Waals surface area contributed by atoms with Crippen LogP contribution < -0.4 is 14.8 Å². The molecule has 0 aliphatic carbocycles. The Kier molecular flexibility index (Phi) is 8.34. The quantitative estimate of drug-likeness (QED) is 0.536. The fraction of sp³-hybridized carbons (Fsp3) is 0.435. The molecule has 11 heteroatoms. The highest BCUT2D eigenvalue weighted by molar-refractivity contribution is 7.89. The van der Waals surface area contributed by atoms with Crippen molar-refractivity contribution in [1.29, 1.82) is 0 Å². The zero-order valence-corrected chi connectivity index (χ0v) is 21.2. The molecule has 1 aliphatic rings. The van der Waals surface area contributed by atoms with Crippen molar-refractivity contribution in [2.45, 2.75) is 43.4 Å². The second-order valence-electron chi connectivity index (χ2n) is 8.54. The van der Waals surface area contributed by atoms with Crippen molar-refractivity contribution in [2.24, 2.45) is 5.92 Å². The number of carbonyl (C=O) groups is 1. The monoisotopic (exact) mass is 509 g/mol. The van der Waals surface area contributed by atoms with E-state index in [1.54, 1.807) is 38.1 Å². The summed E-state index contributed by atoms with van der Waals surface area (Å²) in [5.41, 5.74) is 0.967. The average molecular weight is 510 g/mol. The molecule has 0 saturated carbocycles. The van der Waals surface area contributed by atoms with Crippen LogP contribution in [0.1, 0.15) is 32.3 Å². The summed E-state index contributed by atoms with van der Waals surface area (Å²) in [6.45, 7) is 3.93. The minimum absolute atomic E-state index is 0.0131. The molecule has 0 spiro atoms. The van der Waals surface area contributed by atoms with Gasteiger partial charge in [0.25, 0.3) is 0 Å². The smallest absolute Gasteiger partial charge is 0.240 e. The normalized spacial score (nSPS) is 15.9. The summed E-state index contributed by atoms with van der Waals surface area (Å²) in [6, 6.07) is 13.0. The van der Waals surface area contributed by atoms with Crippen molar-refractivity contribution in [1.82, 2.24) is 9.03 Å². The lowest BCUT2D eigenvalue weighted by Crippen LogP contribution is -2.41. The summed E-state index contributed by atoms with van der Waals surface area (Å²) < 4.78 is 59.8. The van der Waals surface area contributed by atoms with Crippen LogP contribution in [0.2, 0.25) is 0 Å². The molecule has 2 aromatic carbocycles. The van der Waals surface area contributed by atoms with Gasteiger partial charge in [-0.15, -0.1) is 0 Å². The van der Waals surface area contributed by atoms with E-state index >= 15 is 0 Å². The molecule has 0 aromatic heterocycles. The van der Waals surface area contributed by atoms with Crippen molar-refractivity contribution < 1.29 is 26.4 Å². The first kappa shape index (κ1) is 26.1. The second-order valence-corrected chi connectivity index (χ2v) is 12.2. The van der Waals surface area contributed by atoms with Crippen LogP contribution in [0.4, 0.5) is 5.69 Å². The van der Waals surface area contributed by atoms with E-state index in [2.05, 4.69) is 10.0 Å². The van der Waals surface area contributed by atoms with Crippen LogP contribution in [-0.2, 0) is 30.6 Å². The number of methoxy groups -OCH3 is 1. The fourth-order valence-electron chi connectivity index (χ4n) is 3.84. The molecule has 0 atom stereocenters. The van der Waals surface area contributed by atoms with Gasteiger partial charge in [-0.3, -0.25) is 4.79 Å². The maximum Gasteiger partial charge on any atom is 0.240 e. The van der Waals surface area contributed by atoms with Gasteiger partial charge in [0.1, 0.15) is 5.75 Å². The molecule has 9 nitrogen and oxygen atoms in total. The molecule has 2 aromatic rings. The maximum absolute atomic E-state index is 12.9. The lowest BCUT2D eigenvalue weighted by molar-refractivity contribution is -0.120. The predicted molar refractivity (Wildman–Crippen MR) is 130 cm³/mol. The average Bonchev–Trinajstić information content (AvgIpc) is 2.78. The topological polar surface area (TPSA) is 122 Å². The van der Waals surface area contributed by atoms with Gasteiger partial charge in [0, 0.05) is 25.0 Å². The zero-order chi connectivity index (χ0) is 24.9. The van der Waals surface area contributed by atoms with E-state index in [1.807, 2.05) is 6.07 Å². The Bertz CT molecular complexity index is 1210. The van der Waals surface area contributed by atoms with Gasteiger partial charge in [0.15, 0.2) is 0 Å². The van der Waals surface area contributed by atoms with E-state index in [1.165, 1.54) is 29.6 Å². The van der Waals surface area contributed by atoms with Crippen molar-refractivity contribution in [3.05, 3.63) is 54.1 Å². The molecule has 1 amide bonds. The van der Waals surface area contributed by atoms with E-state index in [0.29, 0.717) is 18.6 Å². The minimum Gasteiger partial charge on any atom is -0.495 e. The van der Waals surface area contributed by atoms with Crippen LogP contribution in [0, 0.1) is 5.92 Å². The standard InChI is InChI=1S/C23H31N3O6S2/c1-17(2)25-34(30,31)20-9-10-22(32-3)21(15-20)24-23(27)19-11-13-26(14-12-19)33(28,29)16-18-7-5-4-6-8-18/h4-10,15,17,19,25H,11-14,16H2,1-3H3,(H,24,27). The molecule has 1 aliphatic heterocycles. The summed E-state index contributed by atoms with van der Waals surface area (Å²) in [5, 5.41) is 2.77. The van der Waals surface area contributed by atoms with E-state index in [-0.39, 0.29) is 41.4 Å². The number of sulfonamides is 2. The Hall–Kier alpha value is -2.47. The third kappa shape index (κ3) is 6.56.